The van der Waals surface area contributed by atoms with E-state index in [1.165, 1.54) is 30.0 Å². The van der Waals surface area contributed by atoms with Crippen LogP contribution in [0.4, 0.5) is 10.1 Å². The lowest BCUT2D eigenvalue weighted by molar-refractivity contribution is 0.613. The molecule has 30 heavy (non-hydrogen) atoms. The lowest BCUT2D eigenvalue weighted by atomic mass is 9.95. The van der Waals surface area contributed by atoms with Crippen molar-refractivity contribution >= 4 is 16.6 Å². The SMILES string of the molecule is Cc1cnc2ccc(-c3ccc(C4(C)CC4)cc3)cc2c1NCc1ccccc1F. The Morgan fingerprint density at radius 2 is 1.70 bits per heavy atom. The summed E-state index contributed by atoms with van der Waals surface area (Å²) in [6.07, 6.45) is 4.44. The van der Waals surface area contributed by atoms with E-state index in [1.807, 2.05) is 25.3 Å². The van der Waals surface area contributed by atoms with E-state index in [9.17, 15) is 4.39 Å². The van der Waals surface area contributed by atoms with Crippen LogP contribution in [0.15, 0.2) is 72.9 Å². The molecule has 5 rings (SSSR count). The Kier molecular flexibility index (Phi) is 4.54. The van der Waals surface area contributed by atoms with E-state index in [0.717, 1.165) is 27.7 Å². The molecule has 1 heterocycles. The third-order valence-electron chi connectivity index (χ3n) is 6.39. The van der Waals surface area contributed by atoms with Crippen LogP contribution in [0.2, 0.25) is 0 Å². The quantitative estimate of drug-likeness (QED) is 0.392. The number of aromatic nitrogens is 1. The van der Waals surface area contributed by atoms with Crippen LogP contribution in [0.1, 0.15) is 36.5 Å². The molecule has 1 aliphatic carbocycles. The van der Waals surface area contributed by atoms with E-state index < -0.39 is 0 Å². The minimum absolute atomic E-state index is 0.189. The topological polar surface area (TPSA) is 24.9 Å². The first kappa shape index (κ1) is 18.8. The summed E-state index contributed by atoms with van der Waals surface area (Å²) in [6, 6.07) is 22.2. The fraction of sp³-hybridized carbons (Fsp3) is 0.222. The van der Waals surface area contributed by atoms with Crippen LogP contribution in [-0.2, 0) is 12.0 Å². The summed E-state index contributed by atoms with van der Waals surface area (Å²) in [6.45, 7) is 4.80. The Morgan fingerprint density at radius 3 is 2.43 bits per heavy atom. The first-order valence-corrected chi connectivity index (χ1v) is 10.5. The zero-order valence-electron chi connectivity index (χ0n) is 17.4. The first-order valence-electron chi connectivity index (χ1n) is 10.5. The van der Waals surface area contributed by atoms with Crippen molar-refractivity contribution < 1.29 is 4.39 Å². The van der Waals surface area contributed by atoms with Crippen molar-refractivity contribution in [2.24, 2.45) is 0 Å². The molecule has 0 unspecified atom stereocenters. The predicted octanol–water partition coefficient (Wildman–Crippen LogP) is 7.01. The van der Waals surface area contributed by atoms with Crippen molar-refractivity contribution in [3.8, 4) is 11.1 Å². The Bertz CT molecular complexity index is 1220. The van der Waals surface area contributed by atoms with E-state index in [2.05, 4.69) is 59.7 Å². The summed E-state index contributed by atoms with van der Waals surface area (Å²) >= 11 is 0. The van der Waals surface area contributed by atoms with Crippen LogP contribution in [0.3, 0.4) is 0 Å². The number of nitrogens with one attached hydrogen (secondary N) is 1. The van der Waals surface area contributed by atoms with Crippen LogP contribution in [-0.4, -0.2) is 4.98 Å². The van der Waals surface area contributed by atoms with Gasteiger partial charge in [0, 0.05) is 29.4 Å². The molecule has 0 saturated heterocycles. The van der Waals surface area contributed by atoms with Gasteiger partial charge in [-0.1, -0.05) is 55.5 Å². The van der Waals surface area contributed by atoms with Crippen molar-refractivity contribution in [3.63, 3.8) is 0 Å². The van der Waals surface area contributed by atoms with Crippen LogP contribution < -0.4 is 5.32 Å². The maximum Gasteiger partial charge on any atom is 0.128 e. The standard InChI is InChI=1S/C27H25FN2/c1-18-16-29-25-12-9-20(19-7-10-22(11-8-19)27(2)13-14-27)15-23(25)26(18)30-17-21-5-3-4-6-24(21)28/h3-12,15-16H,13-14,17H2,1-2H3,(H,29,30). The molecule has 150 valence electrons. The van der Waals surface area contributed by atoms with Gasteiger partial charge in [0.2, 0.25) is 0 Å². The molecule has 0 amide bonds. The minimum Gasteiger partial charge on any atom is -0.380 e. The molecule has 1 aromatic heterocycles. The van der Waals surface area contributed by atoms with Crippen molar-refractivity contribution in [2.45, 2.75) is 38.6 Å². The van der Waals surface area contributed by atoms with Crippen LogP contribution >= 0.6 is 0 Å². The van der Waals surface area contributed by atoms with E-state index in [-0.39, 0.29) is 5.82 Å². The van der Waals surface area contributed by atoms with E-state index >= 15 is 0 Å². The molecule has 4 aromatic rings. The van der Waals surface area contributed by atoms with E-state index in [0.29, 0.717) is 17.5 Å². The monoisotopic (exact) mass is 396 g/mol. The molecule has 1 aliphatic rings. The summed E-state index contributed by atoms with van der Waals surface area (Å²) in [4.78, 5) is 4.59. The van der Waals surface area contributed by atoms with Gasteiger partial charge < -0.3 is 5.32 Å². The molecular weight excluding hydrogens is 371 g/mol. The number of hydrogen-bond acceptors (Lipinski definition) is 2. The number of rotatable bonds is 5. The van der Waals surface area contributed by atoms with Crippen molar-refractivity contribution in [2.75, 3.05) is 5.32 Å². The van der Waals surface area contributed by atoms with Crippen molar-refractivity contribution in [1.82, 2.24) is 4.98 Å². The van der Waals surface area contributed by atoms with Crippen molar-refractivity contribution in [1.29, 1.82) is 0 Å². The molecule has 3 heteroatoms. The van der Waals surface area contributed by atoms with Gasteiger partial charge in [-0.25, -0.2) is 4.39 Å². The number of anilines is 1. The molecule has 3 aromatic carbocycles. The zero-order chi connectivity index (χ0) is 20.7. The average Bonchev–Trinajstić information content (AvgIpc) is 3.52. The van der Waals surface area contributed by atoms with Gasteiger partial charge >= 0.3 is 0 Å². The summed E-state index contributed by atoms with van der Waals surface area (Å²) in [5.41, 5.74) is 7.82. The highest BCUT2D eigenvalue weighted by Crippen LogP contribution is 2.47. The Balaban J connectivity index is 1.50. The molecule has 0 aliphatic heterocycles. The van der Waals surface area contributed by atoms with Gasteiger partial charge in [0.05, 0.1) is 5.52 Å². The molecule has 1 saturated carbocycles. The second-order valence-corrected chi connectivity index (χ2v) is 8.63. The summed E-state index contributed by atoms with van der Waals surface area (Å²) in [5.74, 6) is -0.189. The van der Waals surface area contributed by atoms with Crippen LogP contribution in [0, 0.1) is 12.7 Å². The predicted molar refractivity (Wildman–Crippen MR) is 122 cm³/mol. The lowest BCUT2D eigenvalue weighted by Gasteiger charge is -2.15. The highest BCUT2D eigenvalue weighted by Gasteiger charge is 2.38. The number of benzene rings is 3. The number of hydrogen-bond donors (Lipinski definition) is 1. The Labute approximate surface area is 176 Å². The Hall–Kier alpha value is -3.20. The molecular formula is C27H25FN2. The van der Waals surface area contributed by atoms with Gasteiger partial charge in [0.1, 0.15) is 5.82 Å². The fourth-order valence-electron chi connectivity index (χ4n) is 4.07. The highest BCUT2D eigenvalue weighted by atomic mass is 19.1. The normalized spacial score (nSPS) is 14.6. The lowest BCUT2D eigenvalue weighted by Crippen LogP contribution is -2.04. The van der Waals surface area contributed by atoms with Gasteiger partial charge in [-0.05, 0) is 65.6 Å². The van der Waals surface area contributed by atoms with Gasteiger partial charge in [-0.3, -0.25) is 4.98 Å². The Morgan fingerprint density at radius 1 is 0.967 bits per heavy atom. The summed E-state index contributed by atoms with van der Waals surface area (Å²) in [5, 5.41) is 4.51. The van der Waals surface area contributed by atoms with Gasteiger partial charge in [-0.2, -0.15) is 0 Å². The number of pyridine rings is 1. The molecule has 0 radical (unpaired) electrons. The molecule has 0 bridgehead atoms. The summed E-state index contributed by atoms with van der Waals surface area (Å²) < 4.78 is 14.1. The minimum atomic E-state index is -0.189. The molecule has 1 N–H and O–H groups in total. The average molecular weight is 397 g/mol. The number of nitrogens with zero attached hydrogens (tertiary/aromatic N) is 1. The maximum atomic E-state index is 14.1. The fourth-order valence-corrected chi connectivity index (χ4v) is 4.07. The second kappa shape index (κ2) is 7.24. The van der Waals surface area contributed by atoms with E-state index in [1.54, 1.807) is 6.07 Å². The number of halogens is 1. The zero-order valence-corrected chi connectivity index (χ0v) is 17.4. The van der Waals surface area contributed by atoms with Gasteiger partial charge in [-0.15, -0.1) is 0 Å². The third-order valence-corrected chi connectivity index (χ3v) is 6.39. The number of aryl methyl sites for hydroxylation is 1. The highest BCUT2D eigenvalue weighted by molar-refractivity contribution is 5.95. The number of fused-ring (bicyclic) bond motifs is 1. The maximum absolute atomic E-state index is 14.1. The first-order chi connectivity index (χ1) is 14.5. The molecule has 1 fully saturated rings. The van der Waals surface area contributed by atoms with Crippen LogP contribution in [0.25, 0.3) is 22.0 Å². The van der Waals surface area contributed by atoms with Gasteiger partial charge in [0.25, 0.3) is 0 Å². The van der Waals surface area contributed by atoms with Gasteiger partial charge in [0.15, 0.2) is 0 Å². The third kappa shape index (κ3) is 3.45. The molecule has 2 nitrogen and oxygen atoms in total. The largest absolute Gasteiger partial charge is 0.380 e. The van der Waals surface area contributed by atoms with Crippen LogP contribution in [0.5, 0.6) is 0 Å². The second-order valence-electron chi connectivity index (χ2n) is 8.63. The summed E-state index contributed by atoms with van der Waals surface area (Å²) in [7, 11) is 0. The van der Waals surface area contributed by atoms with E-state index in [4.69, 9.17) is 0 Å². The smallest absolute Gasteiger partial charge is 0.128 e. The van der Waals surface area contributed by atoms with Crippen molar-refractivity contribution in [3.05, 3.63) is 95.4 Å². The molecule has 0 spiro atoms. The molecule has 0 atom stereocenters.